The Kier molecular flexibility index (Phi) is 4.97. The molecule has 2 amide bonds. The maximum absolute atomic E-state index is 11.6. The molecule has 0 aliphatic carbocycles. The number of likely N-dealkylation sites (tertiary alicyclic amines) is 1. The summed E-state index contributed by atoms with van der Waals surface area (Å²) < 4.78 is 0. The van der Waals surface area contributed by atoms with Gasteiger partial charge in [-0.15, -0.1) is 0 Å². The van der Waals surface area contributed by atoms with E-state index in [2.05, 4.69) is 13.8 Å². The van der Waals surface area contributed by atoms with Crippen molar-refractivity contribution in [3.8, 4) is 0 Å². The van der Waals surface area contributed by atoms with Crippen LogP contribution in [0, 0.1) is 0 Å². The Hall–Kier alpha value is -1.06. The molecule has 0 aromatic rings. The minimum atomic E-state index is 0.0943. The molecule has 0 spiro atoms. The van der Waals surface area contributed by atoms with Crippen LogP contribution in [0.4, 0.5) is 0 Å². The fraction of sp³-hybridized carbons (Fsp3) is 0.846. The fourth-order valence-corrected chi connectivity index (χ4v) is 2.51. The van der Waals surface area contributed by atoms with Gasteiger partial charge in [-0.3, -0.25) is 9.59 Å². The van der Waals surface area contributed by atoms with E-state index in [9.17, 15) is 9.59 Å². The lowest BCUT2D eigenvalue weighted by Gasteiger charge is -2.32. The highest BCUT2D eigenvalue weighted by atomic mass is 16.2. The summed E-state index contributed by atoms with van der Waals surface area (Å²) >= 11 is 0. The SMILES string of the molecule is CCC(CC(C)N1CCCC1=O)N(C)C(C)=O. The van der Waals surface area contributed by atoms with E-state index in [0.29, 0.717) is 6.42 Å². The Morgan fingerprint density at radius 3 is 2.59 bits per heavy atom. The zero-order valence-electron chi connectivity index (χ0n) is 11.4. The Labute approximate surface area is 104 Å². The summed E-state index contributed by atoms with van der Waals surface area (Å²) in [6.45, 7) is 6.64. The highest BCUT2D eigenvalue weighted by Gasteiger charge is 2.27. The Bertz CT molecular complexity index is 291. The number of nitrogens with zero attached hydrogens (tertiary/aromatic N) is 2. The maximum Gasteiger partial charge on any atom is 0.222 e. The van der Waals surface area contributed by atoms with Gasteiger partial charge in [0.05, 0.1) is 0 Å². The zero-order chi connectivity index (χ0) is 13.0. The highest BCUT2D eigenvalue weighted by molar-refractivity contribution is 5.78. The second-order valence-corrected chi connectivity index (χ2v) is 4.97. The smallest absolute Gasteiger partial charge is 0.222 e. The van der Waals surface area contributed by atoms with E-state index in [1.165, 1.54) is 0 Å². The average Bonchev–Trinajstić information content (AvgIpc) is 2.71. The van der Waals surface area contributed by atoms with Gasteiger partial charge in [0.1, 0.15) is 0 Å². The number of amides is 2. The standard InChI is InChI=1S/C13H24N2O2/c1-5-12(14(4)11(3)16)9-10(2)15-8-6-7-13(15)17/h10,12H,5-9H2,1-4H3. The van der Waals surface area contributed by atoms with Crippen molar-refractivity contribution in [3.05, 3.63) is 0 Å². The van der Waals surface area contributed by atoms with Crippen LogP contribution in [0.2, 0.25) is 0 Å². The molecule has 1 aliphatic rings. The van der Waals surface area contributed by atoms with Gasteiger partial charge < -0.3 is 9.80 Å². The van der Waals surface area contributed by atoms with Crippen LogP contribution in [0.1, 0.15) is 46.5 Å². The molecule has 2 unspecified atom stereocenters. The van der Waals surface area contributed by atoms with Crippen molar-refractivity contribution in [2.24, 2.45) is 0 Å². The monoisotopic (exact) mass is 240 g/mol. The lowest BCUT2D eigenvalue weighted by molar-refractivity contribution is -0.131. The molecule has 98 valence electrons. The van der Waals surface area contributed by atoms with Crippen molar-refractivity contribution in [1.29, 1.82) is 0 Å². The van der Waals surface area contributed by atoms with E-state index in [0.717, 1.165) is 25.8 Å². The summed E-state index contributed by atoms with van der Waals surface area (Å²) in [5.41, 5.74) is 0. The van der Waals surface area contributed by atoms with Gasteiger partial charge in [-0.05, 0) is 26.2 Å². The summed E-state index contributed by atoms with van der Waals surface area (Å²) in [6.07, 6.45) is 3.47. The molecule has 0 aromatic heterocycles. The molecular weight excluding hydrogens is 216 g/mol. The molecule has 0 saturated carbocycles. The van der Waals surface area contributed by atoms with Gasteiger partial charge in [-0.1, -0.05) is 6.92 Å². The van der Waals surface area contributed by atoms with Gasteiger partial charge in [-0.25, -0.2) is 0 Å². The van der Waals surface area contributed by atoms with E-state index >= 15 is 0 Å². The molecule has 4 heteroatoms. The number of hydrogen-bond donors (Lipinski definition) is 0. The third kappa shape index (κ3) is 3.45. The average molecular weight is 240 g/mol. The Balaban J connectivity index is 2.55. The van der Waals surface area contributed by atoms with Crippen molar-refractivity contribution in [1.82, 2.24) is 9.80 Å². The zero-order valence-corrected chi connectivity index (χ0v) is 11.4. The van der Waals surface area contributed by atoms with E-state index < -0.39 is 0 Å². The predicted octanol–water partition coefficient (Wildman–Crippen LogP) is 1.64. The van der Waals surface area contributed by atoms with E-state index in [-0.39, 0.29) is 23.9 Å². The first-order valence-electron chi connectivity index (χ1n) is 6.50. The van der Waals surface area contributed by atoms with Crippen molar-refractivity contribution in [3.63, 3.8) is 0 Å². The largest absolute Gasteiger partial charge is 0.343 e. The second-order valence-electron chi connectivity index (χ2n) is 4.97. The third-order valence-corrected chi connectivity index (χ3v) is 3.77. The lowest BCUT2D eigenvalue weighted by atomic mass is 10.0. The molecule has 0 aromatic carbocycles. The van der Waals surface area contributed by atoms with Crippen molar-refractivity contribution < 1.29 is 9.59 Å². The highest BCUT2D eigenvalue weighted by Crippen LogP contribution is 2.19. The van der Waals surface area contributed by atoms with E-state index in [1.807, 2.05) is 11.9 Å². The summed E-state index contributed by atoms with van der Waals surface area (Å²) in [5.74, 6) is 0.356. The normalized spacial score (nSPS) is 19.3. The first-order chi connectivity index (χ1) is 7.97. The molecule has 1 rings (SSSR count). The molecule has 0 bridgehead atoms. The second kappa shape index (κ2) is 6.03. The first-order valence-corrected chi connectivity index (χ1v) is 6.50. The molecule has 0 N–H and O–H groups in total. The quantitative estimate of drug-likeness (QED) is 0.733. The van der Waals surface area contributed by atoms with Gasteiger partial charge in [0.15, 0.2) is 0 Å². The summed E-state index contributed by atoms with van der Waals surface area (Å²) in [6, 6.07) is 0.465. The van der Waals surface area contributed by atoms with E-state index in [1.54, 1.807) is 11.8 Å². The minimum absolute atomic E-state index is 0.0943. The molecule has 1 heterocycles. The van der Waals surface area contributed by atoms with Crippen molar-refractivity contribution in [2.45, 2.75) is 58.5 Å². The number of rotatable bonds is 5. The van der Waals surface area contributed by atoms with Crippen molar-refractivity contribution >= 4 is 11.8 Å². The lowest BCUT2D eigenvalue weighted by Crippen LogP contribution is -2.42. The Morgan fingerprint density at radius 2 is 2.18 bits per heavy atom. The van der Waals surface area contributed by atoms with Crippen LogP contribution in [-0.4, -0.2) is 47.3 Å². The topological polar surface area (TPSA) is 40.6 Å². The van der Waals surface area contributed by atoms with Crippen molar-refractivity contribution in [2.75, 3.05) is 13.6 Å². The predicted molar refractivity (Wildman–Crippen MR) is 67.5 cm³/mol. The first kappa shape index (κ1) is 14.0. The molecule has 17 heavy (non-hydrogen) atoms. The summed E-state index contributed by atoms with van der Waals surface area (Å²) in [5, 5.41) is 0. The number of hydrogen-bond acceptors (Lipinski definition) is 2. The van der Waals surface area contributed by atoms with Gasteiger partial charge in [0.25, 0.3) is 0 Å². The van der Waals surface area contributed by atoms with Gasteiger partial charge in [0.2, 0.25) is 11.8 Å². The molecule has 0 radical (unpaired) electrons. The summed E-state index contributed by atoms with van der Waals surface area (Å²) in [7, 11) is 1.84. The third-order valence-electron chi connectivity index (χ3n) is 3.77. The summed E-state index contributed by atoms with van der Waals surface area (Å²) in [4.78, 5) is 26.7. The fourth-order valence-electron chi connectivity index (χ4n) is 2.51. The number of carbonyl (C=O) groups is 2. The minimum Gasteiger partial charge on any atom is -0.343 e. The van der Waals surface area contributed by atoms with Crippen LogP contribution < -0.4 is 0 Å². The van der Waals surface area contributed by atoms with Crippen LogP contribution in [0.15, 0.2) is 0 Å². The van der Waals surface area contributed by atoms with Crippen LogP contribution in [0.3, 0.4) is 0 Å². The molecular formula is C13H24N2O2. The van der Waals surface area contributed by atoms with Gasteiger partial charge in [-0.2, -0.15) is 0 Å². The number of carbonyl (C=O) groups excluding carboxylic acids is 2. The van der Waals surface area contributed by atoms with Crippen LogP contribution in [0.25, 0.3) is 0 Å². The molecule has 4 nitrogen and oxygen atoms in total. The van der Waals surface area contributed by atoms with Gasteiger partial charge in [0, 0.05) is 39.0 Å². The Morgan fingerprint density at radius 1 is 1.53 bits per heavy atom. The van der Waals surface area contributed by atoms with Gasteiger partial charge >= 0.3 is 0 Å². The molecule has 2 atom stereocenters. The molecule has 1 aliphatic heterocycles. The maximum atomic E-state index is 11.6. The van der Waals surface area contributed by atoms with Crippen LogP contribution >= 0.6 is 0 Å². The van der Waals surface area contributed by atoms with Crippen LogP contribution in [-0.2, 0) is 9.59 Å². The van der Waals surface area contributed by atoms with E-state index in [4.69, 9.17) is 0 Å². The molecule has 1 fully saturated rings. The molecule has 1 saturated heterocycles. The van der Waals surface area contributed by atoms with Crippen LogP contribution in [0.5, 0.6) is 0 Å².